The van der Waals surface area contributed by atoms with E-state index in [-0.39, 0.29) is 5.75 Å². The van der Waals surface area contributed by atoms with Gasteiger partial charge >= 0.3 is 0 Å². The van der Waals surface area contributed by atoms with Crippen LogP contribution in [0.3, 0.4) is 0 Å². The maximum atomic E-state index is 9.38. The first-order chi connectivity index (χ1) is 12.2. The summed E-state index contributed by atoms with van der Waals surface area (Å²) in [6, 6.07) is 16.5. The molecule has 0 aliphatic heterocycles. The summed E-state index contributed by atoms with van der Waals surface area (Å²) < 4.78 is 7.03. The first kappa shape index (κ1) is 15.0. The molecule has 6 nitrogen and oxygen atoms in total. The molecule has 0 amide bonds. The average molecular weight is 332 g/mol. The molecule has 0 aliphatic carbocycles. The highest BCUT2D eigenvalue weighted by Gasteiger charge is 2.10. The number of aromatic nitrogens is 3. The van der Waals surface area contributed by atoms with Crippen molar-refractivity contribution in [3.63, 3.8) is 0 Å². The highest BCUT2D eigenvalue weighted by Crippen LogP contribution is 2.27. The summed E-state index contributed by atoms with van der Waals surface area (Å²) in [6.07, 6.45) is 3.65. The van der Waals surface area contributed by atoms with E-state index in [9.17, 15) is 5.11 Å². The number of aromatic hydroxyl groups is 1. The second-order valence-corrected chi connectivity index (χ2v) is 5.54. The van der Waals surface area contributed by atoms with Gasteiger partial charge in [-0.15, -0.1) is 0 Å². The van der Waals surface area contributed by atoms with Gasteiger partial charge in [0.1, 0.15) is 17.3 Å². The van der Waals surface area contributed by atoms with Crippen LogP contribution in [0.25, 0.3) is 16.8 Å². The number of rotatable bonds is 4. The molecule has 2 aromatic heterocycles. The van der Waals surface area contributed by atoms with Gasteiger partial charge in [0.05, 0.1) is 13.3 Å². The van der Waals surface area contributed by atoms with E-state index >= 15 is 0 Å². The molecule has 25 heavy (non-hydrogen) atoms. The Labute approximate surface area is 144 Å². The van der Waals surface area contributed by atoms with Crippen molar-refractivity contribution in [1.29, 1.82) is 0 Å². The largest absolute Gasteiger partial charge is 0.508 e. The van der Waals surface area contributed by atoms with Gasteiger partial charge in [-0.2, -0.15) is 5.10 Å². The van der Waals surface area contributed by atoms with Gasteiger partial charge in [-0.25, -0.2) is 9.50 Å². The van der Waals surface area contributed by atoms with Crippen LogP contribution in [0.15, 0.2) is 67.0 Å². The van der Waals surface area contributed by atoms with Gasteiger partial charge in [0.15, 0.2) is 5.65 Å². The molecule has 4 aromatic rings. The third-order valence-electron chi connectivity index (χ3n) is 3.89. The number of phenolic OH excluding ortho intramolecular Hbond substituents is 1. The third-order valence-corrected chi connectivity index (χ3v) is 3.89. The SMILES string of the molecule is COc1cccc(-c2cnn3ccc(Nc4ccc(O)cc4)nc23)c1. The van der Waals surface area contributed by atoms with E-state index in [0.717, 1.165) is 28.2 Å². The molecule has 0 bridgehead atoms. The number of hydrogen-bond acceptors (Lipinski definition) is 5. The Morgan fingerprint density at radius 3 is 2.72 bits per heavy atom. The maximum Gasteiger partial charge on any atom is 0.165 e. The lowest BCUT2D eigenvalue weighted by Gasteiger charge is -2.07. The van der Waals surface area contributed by atoms with Crippen molar-refractivity contribution in [2.45, 2.75) is 0 Å². The van der Waals surface area contributed by atoms with Crippen molar-refractivity contribution in [1.82, 2.24) is 14.6 Å². The number of nitrogens with one attached hydrogen (secondary N) is 1. The van der Waals surface area contributed by atoms with E-state index < -0.39 is 0 Å². The van der Waals surface area contributed by atoms with Crippen molar-refractivity contribution >= 4 is 17.2 Å². The molecule has 0 atom stereocenters. The van der Waals surface area contributed by atoms with Crippen LogP contribution in [0.5, 0.6) is 11.5 Å². The maximum absolute atomic E-state index is 9.38. The van der Waals surface area contributed by atoms with Gasteiger partial charge in [0.25, 0.3) is 0 Å². The van der Waals surface area contributed by atoms with Crippen LogP contribution < -0.4 is 10.1 Å². The zero-order valence-corrected chi connectivity index (χ0v) is 13.5. The molecule has 0 radical (unpaired) electrons. The van der Waals surface area contributed by atoms with Crippen LogP contribution >= 0.6 is 0 Å². The van der Waals surface area contributed by atoms with Crippen molar-refractivity contribution in [2.24, 2.45) is 0 Å². The van der Waals surface area contributed by atoms with Gasteiger partial charge < -0.3 is 15.2 Å². The minimum atomic E-state index is 0.227. The first-order valence-electron chi connectivity index (χ1n) is 7.78. The summed E-state index contributed by atoms with van der Waals surface area (Å²) in [4.78, 5) is 4.67. The lowest BCUT2D eigenvalue weighted by Crippen LogP contribution is -1.97. The molecule has 0 saturated carbocycles. The molecule has 124 valence electrons. The van der Waals surface area contributed by atoms with Gasteiger partial charge in [-0.3, -0.25) is 0 Å². The van der Waals surface area contributed by atoms with Crippen molar-refractivity contribution in [3.8, 4) is 22.6 Å². The molecule has 0 aliphatic rings. The van der Waals surface area contributed by atoms with Crippen molar-refractivity contribution in [3.05, 3.63) is 67.0 Å². The van der Waals surface area contributed by atoms with Gasteiger partial charge in [-0.05, 0) is 48.0 Å². The molecule has 6 heteroatoms. The fourth-order valence-electron chi connectivity index (χ4n) is 2.63. The quantitative estimate of drug-likeness (QED) is 0.555. The highest BCUT2D eigenvalue weighted by molar-refractivity contribution is 5.78. The van der Waals surface area contributed by atoms with E-state index in [0.29, 0.717) is 5.82 Å². The van der Waals surface area contributed by atoms with E-state index in [4.69, 9.17) is 4.74 Å². The fourth-order valence-corrected chi connectivity index (χ4v) is 2.63. The first-order valence-corrected chi connectivity index (χ1v) is 7.78. The fraction of sp³-hybridized carbons (Fsp3) is 0.0526. The Morgan fingerprint density at radius 2 is 1.92 bits per heavy atom. The minimum Gasteiger partial charge on any atom is -0.508 e. The summed E-state index contributed by atoms with van der Waals surface area (Å²) in [5.74, 6) is 1.71. The average Bonchev–Trinajstić information content (AvgIpc) is 3.07. The van der Waals surface area contributed by atoms with E-state index in [1.807, 2.05) is 36.5 Å². The third kappa shape index (κ3) is 2.97. The molecular weight excluding hydrogens is 316 g/mol. The summed E-state index contributed by atoms with van der Waals surface area (Å²) in [7, 11) is 1.65. The Kier molecular flexibility index (Phi) is 3.70. The highest BCUT2D eigenvalue weighted by atomic mass is 16.5. The number of phenols is 1. The number of nitrogens with zero attached hydrogens (tertiary/aromatic N) is 3. The Hall–Kier alpha value is -3.54. The zero-order chi connectivity index (χ0) is 17.2. The molecule has 0 spiro atoms. The number of methoxy groups -OCH3 is 1. The van der Waals surface area contributed by atoms with E-state index in [1.54, 1.807) is 42.1 Å². The smallest absolute Gasteiger partial charge is 0.165 e. The Balaban J connectivity index is 1.73. The van der Waals surface area contributed by atoms with Crippen molar-refractivity contribution in [2.75, 3.05) is 12.4 Å². The minimum absolute atomic E-state index is 0.227. The molecule has 2 N–H and O–H groups in total. The number of ether oxygens (including phenoxy) is 1. The molecule has 0 fully saturated rings. The molecular formula is C19H16N4O2. The molecule has 2 heterocycles. The second-order valence-electron chi connectivity index (χ2n) is 5.54. The number of fused-ring (bicyclic) bond motifs is 1. The van der Waals surface area contributed by atoms with Crippen LogP contribution in [0.2, 0.25) is 0 Å². The van der Waals surface area contributed by atoms with Gasteiger partial charge in [0, 0.05) is 17.4 Å². The molecule has 4 rings (SSSR count). The standard InChI is InChI=1S/C19H16N4O2/c1-25-16-4-2-3-13(11-16)17-12-20-23-10-9-18(22-19(17)23)21-14-5-7-15(24)8-6-14/h2-12,24H,1H3,(H,21,22). The topological polar surface area (TPSA) is 71.7 Å². The lowest BCUT2D eigenvalue weighted by atomic mass is 10.1. The molecule has 0 saturated heterocycles. The van der Waals surface area contributed by atoms with Crippen molar-refractivity contribution < 1.29 is 9.84 Å². The predicted octanol–water partition coefficient (Wildman–Crippen LogP) is 3.85. The second kappa shape index (κ2) is 6.16. The van der Waals surface area contributed by atoms with Crippen LogP contribution in [0.4, 0.5) is 11.5 Å². The number of anilines is 2. The summed E-state index contributed by atoms with van der Waals surface area (Å²) in [5, 5.41) is 17.0. The zero-order valence-electron chi connectivity index (χ0n) is 13.5. The van der Waals surface area contributed by atoms with Crippen LogP contribution in [-0.2, 0) is 0 Å². The predicted molar refractivity (Wildman–Crippen MR) is 96.4 cm³/mol. The van der Waals surface area contributed by atoms with Crippen LogP contribution in [0.1, 0.15) is 0 Å². The Bertz CT molecular complexity index is 1030. The number of benzene rings is 2. The van der Waals surface area contributed by atoms with Gasteiger partial charge in [0.2, 0.25) is 0 Å². The van der Waals surface area contributed by atoms with E-state index in [2.05, 4.69) is 15.4 Å². The van der Waals surface area contributed by atoms with Gasteiger partial charge in [-0.1, -0.05) is 12.1 Å². The normalized spacial score (nSPS) is 10.8. The Morgan fingerprint density at radius 1 is 1.08 bits per heavy atom. The van der Waals surface area contributed by atoms with E-state index in [1.165, 1.54) is 0 Å². The number of hydrogen-bond donors (Lipinski definition) is 2. The summed E-state index contributed by atoms with van der Waals surface area (Å²) >= 11 is 0. The summed E-state index contributed by atoms with van der Waals surface area (Å²) in [6.45, 7) is 0. The van der Waals surface area contributed by atoms with Crippen LogP contribution in [-0.4, -0.2) is 26.8 Å². The molecule has 2 aromatic carbocycles. The summed E-state index contributed by atoms with van der Waals surface area (Å²) in [5.41, 5.74) is 3.51. The van der Waals surface area contributed by atoms with Crippen LogP contribution in [0, 0.1) is 0 Å². The molecule has 0 unspecified atom stereocenters. The lowest BCUT2D eigenvalue weighted by molar-refractivity contribution is 0.415. The monoisotopic (exact) mass is 332 g/mol.